The fourth-order valence-electron chi connectivity index (χ4n) is 3.73. The summed E-state index contributed by atoms with van der Waals surface area (Å²) in [6.45, 7) is 4.55. The number of anilines is 1. The van der Waals surface area contributed by atoms with Crippen molar-refractivity contribution in [3.63, 3.8) is 0 Å². The number of aryl methyl sites for hydroxylation is 2. The van der Waals surface area contributed by atoms with E-state index in [-0.39, 0.29) is 10.8 Å². The van der Waals surface area contributed by atoms with Crippen LogP contribution in [0.5, 0.6) is 0 Å². The van der Waals surface area contributed by atoms with Crippen molar-refractivity contribution in [2.45, 2.75) is 50.8 Å². The molecule has 3 aromatic rings. The molecule has 2 aromatic carbocycles. The Morgan fingerprint density at radius 1 is 1.06 bits per heavy atom. The molecule has 1 aromatic heterocycles. The van der Waals surface area contributed by atoms with Crippen LogP contribution in [0.1, 0.15) is 52.9 Å². The van der Waals surface area contributed by atoms with Crippen LogP contribution in [0.15, 0.2) is 58.4 Å². The average Bonchev–Trinajstić information content (AvgIpc) is 3.27. The van der Waals surface area contributed by atoms with Crippen molar-refractivity contribution < 1.29 is 13.2 Å². The number of amides is 1. The van der Waals surface area contributed by atoms with Crippen molar-refractivity contribution in [2.75, 3.05) is 11.9 Å². The third kappa shape index (κ3) is 5.90. The molecular formula is C25H28N4O3S2. The Labute approximate surface area is 204 Å². The summed E-state index contributed by atoms with van der Waals surface area (Å²) in [4.78, 5) is 22.7. The summed E-state index contributed by atoms with van der Waals surface area (Å²) < 4.78 is 26.7. The van der Waals surface area contributed by atoms with Crippen molar-refractivity contribution in [3.8, 4) is 0 Å². The zero-order valence-corrected chi connectivity index (χ0v) is 20.9. The Hall–Kier alpha value is -3.04. The molecule has 1 aliphatic rings. The van der Waals surface area contributed by atoms with Gasteiger partial charge in [0, 0.05) is 29.8 Å². The lowest BCUT2D eigenvalue weighted by atomic mass is 10.1. The maximum absolute atomic E-state index is 12.3. The van der Waals surface area contributed by atoms with E-state index in [1.165, 1.54) is 22.5 Å². The number of carbonyl (C=O) groups excluding carboxylic acids is 1. The molecule has 2 N–H and O–H groups in total. The molecule has 7 nitrogen and oxygen atoms in total. The van der Waals surface area contributed by atoms with Crippen LogP contribution in [0.25, 0.3) is 0 Å². The Kier molecular flexibility index (Phi) is 7.43. The summed E-state index contributed by atoms with van der Waals surface area (Å²) in [5, 5.41) is 3.56. The zero-order valence-electron chi connectivity index (χ0n) is 19.3. The van der Waals surface area contributed by atoms with Gasteiger partial charge in [-0.3, -0.25) is 14.5 Å². The molecule has 1 amide bonds. The molecule has 0 atom stereocenters. The minimum Gasteiger partial charge on any atom is -0.302 e. The molecule has 0 bridgehead atoms. The first-order chi connectivity index (χ1) is 16.3. The number of amidine groups is 1. The van der Waals surface area contributed by atoms with Gasteiger partial charge in [0.15, 0.2) is 5.13 Å². The monoisotopic (exact) mass is 496 g/mol. The summed E-state index contributed by atoms with van der Waals surface area (Å²) in [5.74, 6) is 0.355. The van der Waals surface area contributed by atoms with E-state index in [0.717, 1.165) is 36.3 Å². The molecule has 0 spiro atoms. The molecule has 0 fully saturated rings. The first-order valence-electron chi connectivity index (χ1n) is 11.3. The van der Waals surface area contributed by atoms with E-state index in [2.05, 4.69) is 51.2 Å². The van der Waals surface area contributed by atoms with Gasteiger partial charge in [0.1, 0.15) is 5.84 Å². The summed E-state index contributed by atoms with van der Waals surface area (Å²) in [6.07, 6.45) is 3.56. The summed E-state index contributed by atoms with van der Waals surface area (Å²) >= 11 is 1.53. The number of rotatable bonds is 9. The average molecular weight is 497 g/mol. The number of fused-ring (bicyclic) bond motifs is 1. The highest BCUT2D eigenvalue weighted by molar-refractivity contribution is 7.90. The molecular weight excluding hydrogens is 468 g/mol. The van der Waals surface area contributed by atoms with Crippen LogP contribution in [-0.4, -0.2) is 31.7 Å². The van der Waals surface area contributed by atoms with Crippen molar-refractivity contribution in [3.05, 3.63) is 75.8 Å². The minimum absolute atomic E-state index is 0.0422. The van der Waals surface area contributed by atoms with Gasteiger partial charge in [-0.25, -0.2) is 13.4 Å². The molecule has 4 rings (SSSR count). The van der Waals surface area contributed by atoms with Crippen LogP contribution in [0, 0.1) is 13.8 Å². The maximum atomic E-state index is 12.3. The largest absolute Gasteiger partial charge is 0.302 e. The van der Waals surface area contributed by atoms with Gasteiger partial charge in [-0.1, -0.05) is 48.4 Å². The number of sulfonamides is 1. The molecule has 0 saturated heterocycles. The molecule has 2 heterocycles. The van der Waals surface area contributed by atoms with Gasteiger partial charge < -0.3 is 5.32 Å². The smallest absolute Gasteiger partial charge is 0.263 e. The first-order valence-corrected chi connectivity index (χ1v) is 13.6. The third-order valence-corrected chi connectivity index (χ3v) is 8.09. The van der Waals surface area contributed by atoms with Gasteiger partial charge in [0.25, 0.3) is 10.0 Å². The Morgan fingerprint density at radius 3 is 2.62 bits per heavy atom. The van der Waals surface area contributed by atoms with Crippen LogP contribution >= 0.6 is 11.3 Å². The number of unbranched alkanes of at least 4 members (excludes halogenated alkanes) is 2. The lowest BCUT2D eigenvalue weighted by Crippen LogP contribution is -2.22. The summed E-state index contributed by atoms with van der Waals surface area (Å²) in [5.41, 5.74) is 4.03. The fourth-order valence-corrected chi connectivity index (χ4v) is 6.00. The lowest BCUT2D eigenvalue weighted by Gasteiger charge is -2.02. The Bertz CT molecular complexity index is 1310. The SMILES string of the molecule is Cc1ccc(Cc2sc(NC(=O)CCCCCN=C3NS(=O)(=O)c4ccccc43)nc2C)cc1. The molecule has 0 radical (unpaired) electrons. The van der Waals surface area contributed by atoms with Gasteiger partial charge in [-0.15, -0.1) is 11.3 Å². The quantitative estimate of drug-likeness (QED) is 0.423. The van der Waals surface area contributed by atoms with Crippen LogP contribution in [0.2, 0.25) is 0 Å². The third-order valence-electron chi connectivity index (χ3n) is 5.62. The lowest BCUT2D eigenvalue weighted by molar-refractivity contribution is -0.116. The highest BCUT2D eigenvalue weighted by Crippen LogP contribution is 2.26. The van der Waals surface area contributed by atoms with E-state index in [4.69, 9.17) is 0 Å². The highest BCUT2D eigenvalue weighted by atomic mass is 32.2. The number of carbonyl (C=O) groups is 1. The predicted molar refractivity (Wildman–Crippen MR) is 136 cm³/mol. The second-order valence-corrected chi connectivity index (χ2v) is 11.1. The van der Waals surface area contributed by atoms with Gasteiger partial charge in [-0.2, -0.15) is 0 Å². The standard InChI is InChI=1S/C25H28N4O3S2/c1-17-11-13-19(14-12-17)16-21-18(2)27-25(33-21)28-23(30)10-4-3-7-15-26-24-20-8-5-6-9-22(20)34(31,32)29-24/h5-6,8-9,11-14H,3-4,7,10,15-16H2,1-2H3,(H,26,29)(H,27,28,30). The number of aliphatic imine (C=N–C) groups is 1. The summed E-state index contributed by atoms with van der Waals surface area (Å²) in [7, 11) is -3.50. The van der Waals surface area contributed by atoms with E-state index in [1.54, 1.807) is 24.3 Å². The molecule has 0 aliphatic carbocycles. The zero-order chi connectivity index (χ0) is 24.1. The van der Waals surface area contributed by atoms with Crippen molar-refractivity contribution in [2.24, 2.45) is 4.99 Å². The number of nitrogens with one attached hydrogen (secondary N) is 2. The molecule has 1 aliphatic heterocycles. The van der Waals surface area contributed by atoms with Gasteiger partial charge in [0.05, 0.1) is 10.6 Å². The van der Waals surface area contributed by atoms with Crippen molar-refractivity contribution in [1.82, 2.24) is 9.71 Å². The molecule has 178 valence electrons. The predicted octanol–water partition coefficient (Wildman–Crippen LogP) is 4.59. The minimum atomic E-state index is -3.50. The van der Waals surface area contributed by atoms with Gasteiger partial charge in [-0.05, 0) is 44.4 Å². The van der Waals surface area contributed by atoms with E-state index < -0.39 is 10.0 Å². The molecule has 9 heteroatoms. The molecule has 0 unspecified atom stereocenters. The Balaban J connectivity index is 1.20. The summed E-state index contributed by atoms with van der Waals surface area (Å²) in [6, 6.07) is 15.3. The van der Waals surface area contributed by atoms with E-state index in [0.29, 0.717) is 29.5 Å². The van der Waals surface area contributed by atoms with E-state index >= 15 is 0 Å². The molecule has 0 saturated carbocycles. The van der Waals surface area contributed by atoms with Gasteiger partial charge in [0.2, 0.25) is 5.91 Å². The van der Waals surface area contributed by atoms with Crippen LogP contribution in [0.3, 0.4) is 0 Å². The fraction of sp³-hybridized carbons (Fsp3) is 0.320. The first kappa shape index (κ1) is 24.1. The molecule has 34 heavy (non-hydrogen) atoms. The number of aromatic nitrogens is 1. The van der Waals surface area contributed by atoms with Crippen LogP contribution in [0.4, 0.5) is 5.13 Å². The number of hydrogen-bond acceptors (Lipinski definition) is 6. The van der Waals surface area contributed by atoms with Crippen molar-refractivity contribution >= 4 is 38.2 Å². The number of benzene rings is 2. The normalized spacial score (nSPS) is 15.2. The number of nitrogens with zero attached hydrogens (tertiary/aromatic N) is 2. The number of hydrogen-bond donors (Lipinski definition) is 2. The van der Waals surface area contributed by atoms with Crippen LogP contribution < -0.4 is 10.0 Å². The number of thiazole rings is 1. The Morgan fingerprint density at radius 2 is 1.82 bits per heavy atom. The maximum Gasteiger partial charge on any atom is 0.263 e. The topological polar surface area (TPSA) is 101 Å². The highest BCUT2D eigenvalue weighted by Gasteiger charge is 2.29. The van der Waals surface area contributed by atoms with E-state index in [9.17, 15) is 13.2 Å². The van der Waals surface area contributed by atoms with Gasteiger partial charge >= 0.3 is 0 Å². The van der Waals surface area contributed by atoms with Crippen LogP contribution in [-0.2, 0) is 21.2 Å². The van der Waals surface area contributed by atoms with E-state index in [1.807, 2.05) is 6.92 Å². The second kappa shape index (κ2) is 10.5. The second-order valence-electron chi connectivity index (χ2n) is 8.38. The van der Waals surface area contributed by atoms with Crippen molar-refractivity contribution in [1.29, 1.82) is 0 Å².